The predicted octanol–water partition coefficient (Wildman–Crippen LogP) is 1.92. The Morgan fingerprint density at radius 3 is 3.11 bits per heavy atom. The van der Waals surface area contributed by atoms with Gasteiger partial charge in [-0.2, -0.15) is 0 Å². The molecule has 3 nitrogen and oxygen atoms in total. The van der Waals surface area contributed by atoms with Gasteiger partial charge in [0.15, 0.2) is 5.78 Å². The van der Waals surface area contributed by atoms with Crippen LogP contribution in [0.1, 0.15) is 5.56 Å². The zero-order valence-corrected chi connectivity index (χ0v) is 10.9. The molecule has 0 aromatic heterocycles. The minimum absolute atomic E-state index is 0.0187. The first kappa shape index (κ1) is 13.5. The molecule has 1 heterocycles. The van der Waals surface area contributed by atoms with Crippen LogP contribution in [-0.2, 0) is 16.0 Å². The van der Waals surface area contributed by atoms with Crippen LogP contribution in [0.5, 0.6) is 0 Å². The number of likely N-dealkylation sites (N-methyl/N-ethyl adjacent to an activating group) is 1. The maximum Gasteiger partial charge on any atom is 0.167 e. The highest BCUT2D eigenvalue weighted by Crippen LogP contribution is 2.19. The maximum atomic E-state index is 13.7. The molecule has 1 atom stereocenters. The Hall–Kier alpha value is -0.970. The van der Waals surface area contributed by atoms with Crippen molar-refractivity contribution < 1.29 is 13.9 Å². The molecule has 1 aromatic carbocycles. The molecular weight excluding hydrogens is 257 g/mol. The number of rotatable bonds is 3. The average Bonchev–Trinajstić information content (AvgIpc) is 2.35. The fourth-order valence-corrected chi connectivity index (χ4v) is 2.15. The highest BCUT2D eigenvalue weighted by Gasteiger charge is 2.25. The first-order valence-electron chi connectivity index (χ1n) is 5.83. The Morgan fingerprint density at radius 1 is 1.61 bits per heavy atom. The first-order valence-corrected chi connectivity index (χ1v) is 6.21. The number of Topliss-reactive ketones (excluding diaryl/α,β-unsaturated/α-hetero) is 1. The molecule has 0 radical (unpaired) electrons. The summed E-state index contributed by atoms with van der Waals surface area (Å²) in [6, 6.07) is 4.68. The molecule has 1 unspecified atom stereocenters. The SMILES string of the molecule is CN1CCOC(C(=O)Cc2cccc(Cl)c2F)C1. The average molecular weight is 272 g/mol. The molecule has 1 fully saturated rings. The number of benzene rings is 1. The number of carbonyl (C=O) groups excluding carboxylic acids is 1. The standard InChI is InChI=1S/C13H15ClFNO2/c1-16-5-6-18-12(8-16)11(17)7-9-3-2-4-10(14)13(9)15/h2-4,12H,5-8H2,1H3. The van der Waals surface area contributed by atoms with Gasteiger partial charge in [0.2, 0.25) is 0 Å². The zero-order chi connectivity index (χ0) is 13.1. The molecular formula is C13H15ClFNO2. The molecule has 1 saturated heterocycles. The second kappa shape index (κ2) is 5.78. The summed E-state index contributed by atoms with van der Waals surface area (Å²) < 4.78 is 19.1. The van der Waals surface area contributed by atoms with Crippen molar-refractivity contribution in [3.8, 4) is 0 Å². The number of nitrogens with zero attached hydrogens (tertiary/aromatic N) is 1. The van der Waals surface area contributed by atoms with Gasteiger partial charge in [-0.1, -0.05) is 23.7 Å². The number of ketones is 1. The van der Waals surface area contributed by atoms with E-state index in [1.165, 1.54) is 6.07 Å². The lowest BCUT2D eigenvalue weighted by Crippen LogP contribution is -2.44. The summed E-state index contributed by atoms with van der Waals surface area (Å²) in [4.78, 5) is 14.0. The van der Waals surface area contributed by atoms with Crippen molar-refractivity contribution in [2.24, 2.45) is 0 Å². The molecule has 0 N–H and O–H groups in total. The highest BCUT2D eigenvalue weighted by atomic mass is 35.5. The zero-order valence-electron chi connectivity index (χ0n) is 10.2. The molecule has 2 rings (SSSR count). The van der Waals surface area contributed by atoms with Crippen molar-refractivity contribution in [1.82, 2.24) is 4.90 Å². The lowest BCUT2D eigenvalue weighted by molar-refractivity contribution is -0.134. The van der Waals surface area contributed by atoms with Crippen molar-refractivity contribution in [3.05, 3.63) is 34.6 Å². The van der Waals surface area contributed by atoms with Gasteiger partial charge in [0.25, 0.3) is 0 Å². The van der Waals surface area contributed by atoms with E-state index >= 15 is 0 Å². The van der Waals surface area contributed by atoms with Gasteiger partial charge >= 0.3 is 0 Å². The van der Waals surface area contributed by atoms with Crippen LogP contribution in [0, 0.1) is 5.82 Å². The third-order valence-corrected chi connectivity index (χ3v) is 3.32. The fourth-order valence-electron chi connectivity index (χ4n) is 1.96. The smallest absolute Gasteiger partial charge is 0.167 e. The number of ether oxygens (including phenoxy) is 1. The molecule has 0 saturated carbocycles. The van der Waals surface area contributed by atoms with Gasteiger partial charge in [-0.3, -0.25) is 4.79 Å². The molecule has 0 bridgehead atoms. The van der Waals surface area contributed by atoms with E-state index in [9.17, 15) is 9.18 Å². The second-order valence-corrected chi connectivity index (χ2v) is 4.88. The van der Waals surface area contributed by atoms with Gasteiger partial charge in [-0.25, -0.2) is 4.39 Å². The summed E-state index contributed by atoms with van der Waals surface area (Å²) in [5.41, 5.74) is 0.323. The summed E-state index contributed by atoms with van der Waals surface area (Å²) >= 11 is 5.68. The largest absolute Gasteiger partial charge is 0.368 e. The third kappa shape index (κ3) is 3.07. The van der Waals surface area contributed by atoms with Crippen LogP contribution in [0.15, 0.2) is 18.2 Å². The summed E-state index contributed by atoms with van der Waals surface area (Å²) in [6.45, 7) is 1.90. The Bertz CT molecular complexity index is 453. The van der Waals surface area contributed by atoms with Crippen LogP contribution in [0.25, 0.3) is 0 Å². The van der Waals surface area contributed by atoms with Crippen LogP contribution < -0.4 is 0 Å². The van der Waals surface area contributed by atoms with Gasteiger partial charge in [-0.05, 0) is 18.7 Å². The van der Waals surface area contributed by atoms with E-state index in [0.29, 0.717) is 18.7 Å². The second-order valence-electron chi connectivity index (χ2n) is 4.48. The molecule has 1 aromatic rings. The van der Waals surface area contributed by atoms with Gasteiger partial charge < -0.3 is 9.64 Å². The molecule has 1 aliphatic rings. The maximum absolute atomic E-state index is 13.7. The number of morpholine rings is 1. The summed E-state index contributed by atoms with van der Waals surface area (Å²) in [5.74, 6) is -0.626. The number of halogens is 2. The normalized spacial score (nSPS) is 20.9. The topological polar surface area (TPSA) is 29.5 Å². The van der Waals surface area contributed by atoms with E-state index in [4.69, 9.17) is 16.3 Å². The lowest BCUT2D eigenvalue weighted by Gasteiger charge is -2.29. The molecule has 0 aliphatic carbocycles. The molecule has 1 aliphatic heterocycles. The number of hydrogen-bond acceptors (Lipinski definition) is 3. The minimum atomic E-state index is -0.517. The first-order chi connectivity index (χ1) is 8.58. The van der Waals surface area contributed by atoms with Crippen molar-refractivity contribution in [1.29, 1.82) is 0 Å². The van der Waals surface area contributed by atoms with E-state index in [1.54, 1.807) is 12.1 Å². The van der Waals surface area contributed by atoms with Crippen molar-refractivity contribution in [2.45, 2.75) is 12.5 Å². The van der Waals surface area contributed by atoms with E-state index in [2.05, 4.69) is 0 Å². The van der Waals surface area contributed by atoms with Gasteiger partial charge in [-0.15, -0.1) is 0 Å². The molecule has 98 valence electrons. The Labute approximate surface area is 110 Å². The summed E-state index contributed by atoms with van der Waals surface area (Å²) in [6.07, 6.45) is -0.451. The van der Waals surface area contributed by atoms with Crippen LogP contribution in [-0.4, -0.2) is 43.5 Å². The minimum Gasteiger partial charge on any atom is -0.368 e. The highest BCUT2D eigenvalue weighted by molar-refractivity contribution is 6.30. The van der Waals surface area contributed by atoms with Gasteiger partial charge in [0.1, 0.15) is 11.9 Å². The van der Waals surface area contributed by atoms with E-state index < -0.39 is 11.9 Å². The lowest BCUT2D eigenvalue weighted by atomic mass is 10.0. The molecule has 0 spiro atoms. The Balaban J connectivity index is 2.04. The van der Waals surface area contributed by atoms with Gasteiger partial charge in [0.05, 0.1) is 11.6 Å². The number of hydrogen-bond donors (Lipinski definition) is 0. The van der Waals surface area contributed by atoms with Crippen LogP contribution in [0.3, 0.4) is 0 Å². The van der Waals surface area contributed by atoms with Crippen molar-refractivity contribution >= 4 is 17.4 Å². The quantitative estimate of drug-likeness (QED) is 0.841. The van der Waals surface area contributed by atoms with E-state index in [0.717, 1.165) is 6.54 Å². The van der Waals surface area contributed by atoms with E-state index in [1.807, 2.05) is 11.9 Å². The van der Waals surface area contributed by atoms with Gasteiger partial charge in [0, 0.05) is 19.5 Å². The Kier molecular flexibility index (Phi) is 4.32. The van der Waals surface area contributed by atoms with E-state index in [-0.39, 0.29) is 17.2 Å². The van der Waals surface area contributed by atoms with Crippen molar-refractivity contribution in [2.75, 3.05) is 26.7 Å². The number of carbonyl (C=O) groups is 1. The van der Waals surface area contributed by atoms with Crippen LogP contribution >= 0.6 is 11.6 Å². The third-order valence-electron chi connectivity index (χ3n) is 3.02. The molecule has 0 amide bonds. The fraction of sp³-hybridized carbons (Fsp3) is 0.462. The molecule has 18 heavy (non-hydrogen) atoms. The van der Waals surface area contributed by atoms with Crippen LogP contribution in [0.2, 0.25) is 5.02 Å². The monoisotopic (exact) mass is 271 g/mol. The predicted molar refractivity (Wildman–Crippen MR) is 67.4 cm³/mol. The Morgan fingerprint density at radius 2 is 2.39 bits per heavy atom. The van der Waals surface area contributed by atoms with Crippen molar-refractivity contribution in [3.63, 3.8) is 0 Å². The molecule has 5 heteroatoms. The summed E-state index contributed by atoms with van der Waals surface area (Å²) in [5, 5.41) is 0.0435. The summed E-state index contributed by atoms with van der Waals surface area (Å²) in [7, 11) is 1.93. The van der Waals surface area contributed by atoms with Crippen LogP contribution in [0.4, 0.5) is 4.39 Å².